The molecular weight excluding hydrogens is 995 g/mol. The van der Waals surface area contributed by atoms with E-state index in [2.05, 4.69) is 5.32 Å². The molecule has 1 amide bonds. The maximum absolute atomic E-state index is 13.7. The molecule has 4 aromatic carbocycles. The minimum absolute atomic E-state index is 0.120. The number of pyridine rings is 1. The summed E-state index contributed by atoms with van der Waals surface area (Å²) in [5, 5.41) is 14.9. The fourth-order valence-corrected chi connectivity index (χ4v) is 8.67. The largest absolute Gasteiger partial charge is 0.744 e. The van der Waals surface area contributed by atoms with Crippen molar-refractivity contribution in [1.82, 2.24) is 5.32 Å². The van der Waals surface area contributed by atoms with E-state index in [1.807, 2.05) is 71.7 Å². The van der Waals surface area contributed by atoms with Crippen LogP contribution in [-0.4, -0.2) is 94.4 Å². The first kappa shape index (κ1) is 53.5. The van der Waals surface area contributed by atoms with Crippen LogP contribution in [0.5, 0.6) is 0 Å². The van der Waals surface area contributed by atoms with Gasteiger partial charge in [-0.1, -0.05) is 66.8 Å². The summed E-state index contributed by atoms with van der Waals surface area (Å²) in [5.41, 5.74) is 4.71. The molecule has 0 radical (unpaired) electrons. The number of hydrogen-bond donors (Lipinski definition) is 3. The molecule has 1 aliphatic heterocycles. The molecular formula is C42H37N3O18S5. The van der Waals surface area contributed by atoms with Crippen molar-refractivity contribution < 1.29 is 83.1 Å². The lowest BCUT2D eigenvalue weighted by Gasteiger charge is -2.33. The lowest BCUT2D eigenvalue weighted by atomic mass is 9.71. The number of rotatable bonds is 8. The van der Waals surface area contributed by atoms with Crippen LogP contribution in [0.4, 0.5) is 11.4 Å². The van der Waals surface area contributed by atoms with E-state index < -0.39 is 69.4 Å². The first-order chi connectivity index (χ1) is 31.7. The predicted octanol–water partition coefficient (Wildman–Crippen LogP) is 3.04. The number of carboxylic acids is 1. The number of carbonyl (C=O) groups excluding carboxylic acids is 1. The van der Waals surface area contributed by atoms with E-state index in [9.17, 15) is 40.6 Å². The highest BCUT2D eigenvalue weighted by Crippen LogP contribution is 2.46. The summed E-state index contributed by atoms with van der Waals surface area (Å²) < 4.78 is 148. The highest BCUT2D eigenvalue weighted by atomic mass is 32.2. The van der Waals surface area contributed by atoms with E-state index in [0.717, 1.165) is 22.2 Å². The van der Waals surface area contributed by atoms with Crippen molar-refractivity contribution in [3.63, 3.8) is 0 Å². The summed E-state index contributed by atoms with van der Waals surface area (Å²) in [4.78, 5) is 28.0. The number of nitrogens with one attached hydrogen (secondary N) is 1. The van der Waals surface area contributed by atoms with Gasteiger partial charge in [-0.15, -0.1) is 37.9 Å². The fraction of sp³-hybridized carbons (Fsp3) is 0.167. The standard InChI is InChI=1S/C42H37N3O9S2.3O3S/c1-4-43-40(46)42(41(47)48)24-26(13-17-30-32-9-5-7-11-36(32)44(2)38-22-28(55(49,50)51)15-19-34(30)38)21-27(25-42)14-18-31-33-10-6-8-12-37(33)45(3)39-23-29(56(52,53)54)16-20-35(31)39;3*1-4(2)3/h5-23H,4,24-25H2,1-3H3,(H3-,43,46,47,48,49,50,51,52,53,54);;;. The number of para-hydroxylation sites is 2. The summed E-state index contributed by atoms with van der Waals surface area (Å²) in [7, 11) is -15.0. The van der Waals surface area contributed by atoms with E-state index >= 15 is 0 Å². The van der Waals surface area contributed by atoms with Crippen molar-refractivity contribution in [2.45, 2.75) is 29.6 Å². The molecule has 21 nitrogen and oxygen atoms in total. The number of aromatic nitrogens is 1. The second kappa shape index (κ2) is 22.2. The Morgan fingerprint density at radius 3 is 1.90 bits per heavy atom. The molecule has 2 aliphatic rings. The van der Waals surface area contributed by atoms with E-state index in [-0.39, 0.29) is 29.2 Å². The van der Waals surface area contributed by atoms with E-state index in [1.165, 1.54) is 24.3 Å². The lowest BCUT2D eigenvalue weighted by Crippen LogP contribution is -2.48. The number of allylic oxidation sites excluding steroid dienone is 6. The van der Waals surface area contributed by atoms with E-state index in [4.69, 9.17) is 37.9 Å². The zero-order chi connectivity index (χ0) is 50.9. The van der Waals surface area contributed by atoms with Gasteiger partial charge in [0.15, 0.2) is 5.41 Å². The molecule has 0 saturated heterocycles. The third-order valence-corrected chi connectivity index (χ3v) is 12.1. The average Bonchev–Trinajstić information content (AvgIpc) is 3.25. The van der Waals surface area contributed by atoms with Gasteiger partial charge < -0.3 is 19.9 Å². The zero-order valence-corrected chi connectivity index (χ0v) is 39.5. The molecule has 0 spiro atoms. The summed E-state index contributed by atoms with van der Waals surface area (Å²) in [5.74, 6) is -1.92. The Morgan fingerprint density at radius 2 is 1.31 bits per heavy atom. The predicted molar refractivity (Wildman–Crippen MR) is 241 cm³/mol. The fourth-order valence-electron chi connectivity index (χ4n) is 7.68. The van der Waals surface area contributed by atoms with Gasteiger partial charge in [-0.3, -0.25) is 14.1 Å². The van der Waals surface area contributed by atoms with Crippen LogP contribution in [0.15, 0.2) is 130 Å². The van der Waals surface area contributed by atoms with Crippen molar-refractivity contribution in [1.29, 1.82) is 0 Å². The van der Waals surface area contributed by atoms with Gasteiger partial charge in [0.1, 0.15) is 17.2 Å². The van der Waals surface area contributed by atoms with Crippen molar-refractivity contribution in [3.05, 3.63) is 137 Å². The number of fused-ring (bicyclic) bond motifs is 4. The number of aliphatic carboxylic acids is 1. The van der Waals surface area contributed by atoms with Crippen LogP contribution < -0.4 is 14.8 Å². The summed E-state index contributed by atoms with van der Waals surface area (Å²) in [6.07, 6.45) is 8.75. The van der Waals surface area contributed by atoms with Gasteiger partial charge in [-0.05, 0) is 72.9 Å². The first-order valence-electron chi connectivity index (χ1n) is 19.1. The average molecular weight is 1030 g/mol. The number of hydrogen-bond acceptors (Lipinski definition) is 17. The molecule has 3 N–H and O–H groups in total. The number of carboxylic acid groups (broad SMARTS) is 1. The van der Waals surface area contributed by atoms with Gasteiger partial charge in [0.25, 0.3) is 10.1 Å². The number of benzene rings is 4. The molecule has 7 rings (SSSR count). The first-order valence-corrected chi connectivity index (χ1v) is 24.9. The van der Waals surface area contributed by atoms with Crippen LogP contribution in [0, 0.1) is 5.41 Å². The molecule has 5 aromatic rings. The van der Waals surface area contributed by atoms with Crippen LogP contribution in [0.3, 0.4) is 0 Å². The van der Waals surface area contributed by atoms with Gasteiger partial charge in [0.05, 0.1) is 26.3 Å². The van der Waals surface area contributed by atoms with Crippen molar-refractivity contribution in [2.75, 3.05) is 18.5 Å². The second-order valence-electron chi connectivity index (χ2n) is 14.4. The minimum atomic E-state index is -4.74. The van der Waals surface area contributed by atoms with Gasteiger partial charge in [0.2, 0.25) is 16.9 Å². The number of anilines is 2. The Kier molecular flexibility index (Phi) is 17.4. The molecule has 26 heteroatoms. The SMILES string of the molecule is CCNC(=O)C1(C(=O)O)CC(/C=C/c2c3ccccc3[n+](C)c3cc(S(=O)(=O)[O-])ccc23)=CC(=C/C=C2\c3ccccc3N(C)c3cc(S(=O)(=O)O)ccc32)/C1.O=S(=O)=O.O=S(=O)=O.O=S(=O)=O. The van der Waals surface area contributed by atoms with E-state index in [0.29, 0.717) is 44.4 Å². The van der Waals surface area contributed by atoms with Gasteiger partial charge in [0, 0.05) is 48.1 Å². The third-order valence-electron chi connectivity index (χ3n) is 10.4. The maximum Gasteiger partial charge on any atom is 0.425 e. The Balaban J connectivity index is 0.000000754. The molecule has 1 aromatic heterocycles. The van der Waals surface area contributed by atoms with Gasteiger partial charge in [-0.2, -0.15) is 13.0 Å². The molecule has 1 atom stereocenters. The summed E-state index contributed by atoms with van der Waals surface area (Å²) in [6.45, 7) is 1.93. The number of carbonyl (C=O) groups is 2. The molecule has 68 heavy (non-hydrogen) atoms. The second-order valence-corrected chi connectivity index (χ2v) is 18.5. The third kappa shape index (κ3) is 12.9. The smallest absolute Gasteiger partial charge is 0.425 e. The van der Waals surface area contributed by atoms with Gasteiger partial charge in [-0.25, -0.2) is 8.42 Å². The highest BCUT2D eigenvalue weighted by Gasteiger charge is 2.48. The molecule has 2 heterocycles. The quantitative estimate of drug-likeness (QED) is 0.0870. The topological polar surface area (TPSA) is 339 Å². The van der Waals surface area contributed by atoms with Crippen LogP contribution in [0.25, 0.3) is 33.5 Å². The Labute approximate surface area is 392 Å². The maximum atomic E-state index is 13.7. The highest BCUT2D eigenvalue weighted by molar-refractivity contribution is 7.86. The molecule has 0 bridgehead atoms. The molecule has 0 fully saturated rings. The van der Waals surface area contributed by atoms with E-state index in [1.54, 1.807) is 49.9 Å². The Hall–Kier alpha value is -7.07. The van der Waals surface area contributed by atoms with Crippen LogP contribution in [0.1, 0.15) is 36.5 Å². The Morgan fingerprint density at radius 1 is 0.750 bits per heavy atom. The van der Waals surface area contributed by atoms with Crippen LogP contribution >= 0.6 is 0 Å². The normalized spacial score (nSPS) is 16.4. The van der Waals surface area contributed by atoms with Gasteiger partial charge >= 0.3 is 37.8 Å². The number of nitrogens with zero attached hydrogens (tertiary/aromatic N) is 2. The van der Waals surface area contributed by atoms with Crippen molar-refractivity contribution in [3.8, 4) is 0 Å². The van der Waals surface area contributed by atoms with Crippen LogP contribution in [0.2, 0.25) is 0 Å². The number of amides is 1. The van der Waals surface area contributed by atoms with Crippen molar-refractivity contribution in [2.24, 2.45) is 12.5 Å². The van der Waals surface area contributed by atoms with Crippen LogP contribution in [-0.2, 0) is 68.7 Å². The summed E-state index contributed by atoms with van der Waals surface area (Å²) >= 11 is 0. The lowest BCUT2D eigenvalue weighted by molar-refractivity contribution is -0.617. The number of aryl methyl sites for hydroxylation is 1. The zero-order valence-electron chi connectivity index (χ0n) is 35.5. The molecule has 358 valence electrons. The monoisotopic (exact) mass is 1030 g/mol. The van der Waals surface area contributed by atoms with Crippen molar-refractivity contribution >= 4 is 109 Å². The Bertz CT molecular complexity index is 3510. The molecule has 1 aliphatic carbocycles. The molecule has 1 unspecified atom stereocenters. The summed E-state index contributed by atoms with van der Waals surface area (Å²) in [6, 6.07) is 23.5. The molecule has 0 saturated carbocycles. The minimum Gasteiger partial charge on any atom is -0.744 e.